The number of primary amides is 1. The topological polar surface area (TPSA) is 85.8 Å². The Balaban J connectivity index is 2.63. The second-order valence-corrected chi connectivity index (χ2v) is 6.39. The summed E-state index contributed by atoms with van der Waals surface area (Å²) < 4.78 is 1.86. The number of hydrogen-bond acceptors (Lipinski definition) is 5. The summed E-state index contributed by atoms with van der Waals surface area (Å²) in [5, 5.41) is 12.2. The second-order valence-electron chi connectivity index (χ2n) is 4.98. The molecule has 0 radical (unpaired) electrons. The van der Waals surface area contributed by atoms with E-state index in [4.69, 9.17) is 5.73 Å². The number of nitrogens with two attached hydrogens (primary N) is 1. The first-order chi connectivity index (χ1) is 8.89. The Morgan fingerprint density at radius 2 is 2.37 bits per heavy atom. The van der Waals surface area contributed by atoms with Crippen molar-refractivity contribution in [2.75, 3.05) is 6.54 Å². The first kappa shape index (κ1) is 16.0. The molecule has 0 bridgehead atoms. The van der Waals surface area contributed by atoms with Crippen LogP contribution in [0.5, 0.6) is 0 Å². The van der Waals surface area contributed by atoms with E-state index in [1.165, 1.54) is 0 Å². The Morgan fingerprint density at radius 3 is 2.84 bits per heavy atom. The molecule has 1 aromatic heterocycles. The number of aryl methyl sites for hydroxylation is 1. The lowest BCUT2D eigenvalue weighted by Crippen LogP contribution is -2.54. The van der Waals surface area contributed by atoms with Crippen LogP contribution in [0.2, 0.25) is 0 Å². The SMILES string of the molecule is CCCNC(C)(CC(C)Sc1nncn1C)C(N)=O. The predicted octanol–water partition coefficient (Wildman–Crippen LogP) is 0.929. The van der Waals surface area contributed by atoms with Crippen LogP contribution < -0.4 is 11.1 Å². The lowest BCUT2D eigenvalue weighted by Gasteiger charge is -2.29. The third kappa shape index (κ3) is 4.50. The first-order valence-electron chi connectivity index (χ1n) is 6.44. The Labute approximate surface area is 118 Å². The van der Waals surface area contributed by atoms with Crippen LogP contribution in [0, 0.1) is 0 Å². The molecule has 1 aromatic rings. The molecule has 2 atom stereocenters. The average Bonchev–Trinajstić information content (AvgIpc) is 2.72. The molecule has 19 heavy (non-hydrogen) atoms. The number of carbonyl (C=O) groups excluding carboxylic acids is 1. The molecule has 0 aromatic carbocycles. The van der Waals surface area contributed by atoms with Gasteiger partial charge in [-0.3, -0.25) is 4.79 Å². The number of amides is 1. The van der Waals surface area contributed by atoms with Gasteiger partial charge in [0.15, 0.2) is 5.16 Å². The second kappa shape index (κ2) is 6.91. The minimum atomic E-state index is -0.680. The molecule has 108 valence electrons. The molecule has 2 unspecified atom stereocenters. The Hall–Kier alpha value is -1.08. The van der Waals surface area contributed by atoms with E-state index in [1.807, 2.05) is 18.5 Å². The molecule has 0 aliphatic heterocycles. The summed E-state index contributed by atoms with van der Waals surface area (Å²) in [4.78, 5) is 11.6. The number of nitrogens with one attached hydrogen (secondary N) is 1. The fraction of sp³-hybridized carbons (Fsp3) is 0.750. The maximum Gasteiger partial charge on any atom is 0.237 e. The average molecular weight is 285 g/mol. The van der Waals surface area contributed by atoms with E-state index < -0.39 is 5.54 Å². The number of nitrogens with zero attached hydrogens (tertiary/aromatic N) is 3. The number of thioether (sulfide) groups is 1. The number of rotatable bonds is 8. The summed E-state index contributed by atoms with van der Waals surface area (Å²) in [6.07, 6.45) is 3.28. The van der Waals surface area contributed by atoms with Gasteiger partial charge < -0.3 is 15.6 Å². The van der Waals surface area contributed by atoms with Crippen molar-refractivity contribution in [2.24, 2.45) is 12.8 Å². The zero-order valence-electron chi connectivity index (χ0n) is 12.0. The van der Waals surface area contributed by atoms with Crippen molar-refractivity contribution in [3.8, 4) is 0 Å². The van der Waals surface area contributed by atoms with Crippen molar-refractivity contribution >= 4 is 17.7 Å². The van der Waals surface area contributed by atoms with Crippen LogP contribution >= 0.6 is 11.8 Å². The van der Waals surface area contributed by atoms with Crippen LogP contribution in [-0.4, -0.2) is 38.0 Å². The van der Waals surface area contributed by atoms with Crippen LogP contribution in [-0.2, 0) is 11.8 Å². The van der Waals surface area contributed by atoms with Gasteiger partial charge in [0.25, 0.3) is 0 Å². The van der Waals surface area contributed by atoms with E-state index in [2.05, 4.69) is 29.4 Å². The summed E-state index contributed by atoms with van der Waals surface area (Å²) in [5.41, 5.74) is 4.84. The zero-order chi connectivity index (χ0) is 14.5. The molecule has 7 heteroatoms. The standard InChI is InChI=1S/C12H23N5OS/c1-5-6-14-12(3,10(13)18)7-9(2)19-11-16-15-8-17(11)4/h8-9,14H,5-7H2,1-4H3,(H2,13,18). The first-order valence-corrected chi connectivity index (χ1v) is 7.32. The van der Waals surface area contributed by atoms with Gasteiger partial charge in [0.05, 0.1) is 5.54 Å². The maximum atomic E-state index is 11.6. The summed E-state index contributed by atoms with van der Waals surface area (Å²) >= 11 is 1.60. The fourth-order valence-electron chi connectivity index (χ4n) is 1.84. The van der Waals surface area contributed by atoms with E-state index >= 15 is 0 Å². The van der Waals surface area contributed by atoms with E-state index in [0.29, 0.717) is 6.42 Å². The number of hydrogen-bond donors (Lipinski definition) is 2. The maximum absolute atomic E-state index is 11.6. The van der Waals surface area contributed by atoms with Gasteiger partial charge in [-0.05, 0) is 26.3 Å². The number of carbonyl (C=O) groups is 1. The van der Waals surface area contributed by atoms with Crippen LogP contribution in [0.15, 0.2) is 11.5 Å². The normalized spacial score (nSPS) is 16.0. The predicted molar refractivity (Wildman–Crippen MR) is 76.8 cm³/mol. The van der Waals surface area contributed by atoms with E-state index in [0.717, 1.165) is 18.1 Å². The molecular weight excluding hydrogens is 262 g/mol. The molecule has 0 saturated carbocycles. The van der Waals surface area contributed by atoms with Crippen LogP contribution in [0.1, 0.15) is 33.6 Å². The van der Waals surface area contributed by atoms with Gasteiger partial charge in [0.2, 0.25) is 5.91 Å². The molecule has 0 fully saturated rings. The van der Waals surface area contributed by atoms with Crippen molar-refractivity contribution in [3.63, 3.8) is 0 Å². The van der Waals surface area contributed by atoms with Crippen molar-refractivity contribution in [1.29, 1.82) is 0 Å². The molecule has 0 saturated heterocycles. The molecule has 0 aliphatic rings. The lowest BCUT2D eigenvalue weighted by molar-refractivity contribution is -0.124. The smallest absolute Gasteiger partial charge is 0.237 e. The lowest BCUT2D eigenvalue weighted by atomic mass is 9.95. The minimum Gasteiger partial charge on any atom is -0.368 e. The fourth-order valence-corrected chi connectivity index (χ4v) is 2.92. The molecule has 0 aliphatic carbocycles. The van der Waals surface area contributed by atoms with Gasteiger partial charge in [-0.15, -0.1) is 10.2 Å². The van der Waals surface area contributed by atoms with E-state index in [1.54, 1.807) is 18.1 Å². The van der Waals surface area contributed by atoms with Crippen molar-refractivity contribution < 1.29 is 4.79 Å². The summed E-state index contributed by atoms with van der Waals surface area (Å²) in [5.74, 6) is -0.314. The van der Waals surface area contributed by atoms with Gasteiger partial charge in [0, 0.05) is 12.3 Å². The number of aromatic nitrogens is 3. The zero-order valence-corrected chi connectivity index (χ0v) is 12.8. The van der Waals surface area contributed by atoms with Gasteiger partial charge in [-0.2, -0.15) is 0 Å². The monoisotopic (exact) mass is 285 g/mol. The molecule has 1 amide bonds. The van der Waals surface area contributed by atoms with E-state index in [9.17, 15) is 4.79 Å². The minimum absolute atomic E-state index is 0.213. The highest BCUT2D eigenvalue weighted by molar-refractivity contribution is 7.99. The quantitative estimate of drug-likeness (QED) is 0.694. The van der Waals surface area contributed by atoms with Crippen molar-refractivity contribution in [3.05, 3.63) is 6.33 Å². The third-order valence-corrected chi connectivity index (χ3v) is 4.13. The Bertz CT molecular complexity index is 422. The van der Waals surface area contributed by atoms with Gasteiger partial charge in [0.1, 0.15) is 6.33 Å². The highest BCUT2D eigenvalue weighted by Gasteiger charge is 2.32. The van der Waals surface area contributed by atoms with Gasteiger partial charge in [-0.1, -0.05) is 25.6 Å². The molecule has 3 N–H and O–H groups in total. The van der Waals surface area contributed by atoms with Crippen LogP contribution in [0.3, 0.4) is 0 Å². The third-order valence-electron chi connectivity index (χ3n) is 2.98. The van der Waals surface area contributed by atoms with E-state index in [-0.39, 0.29) is 11.2 Å². The van der Waals surface area contributed by atoms with Gasteiger partial charge in [-0.25, -0.2) is 0 Å². The van der Waals surface area contributed by atoms with Gasteiger partial charge >= 0.3 is 0 Å². The molecule has 1 heterocycles. The largest absolute Gasteiger partial charge is 0.368 e. The Kier molecular flexibility index (Phi) is 5.81. The van der Waals surface area contributed by atoms with Crippen LogP contribution in [0.4, 0.5) is 0 Å². The van der Waals surface area contributed by atoms with Crippen molar-refractivity contribution in [1.82, 2.24) is 20.1 Å². The van der Waals surface area contributed by atoms with Crippen molar-refractivity contribution in [2.45, 2.75) is 49.6 Å². The summed E-state index contributed by atoms with van der Waals surface area (Å²) in [6.45, 7) is 6.76. The van der Waals surface area contributed by atoms with Crippen LogP contribution in [0.25, 0.3) is 0 Å². The molecular formula is C12H23N5OS. The highest BCUT2D eigenvalue weighted by Crippen LogP contribution is 2.26. The highest BCUT2D eigenvalue weighted by atomic mass is 32.2. The Morgan fingerprint density at radius 1 is 1.68 bits per heavy atom. The summed E-state index contributed by atoms with van der Waals surface area (Å²) in [6, 6.07) is 0. The molecule has 0 spiro atoms. The molecule has 6 nitrogen and oxygen atoms in total. The molecule has 1 rings (SSSR count). The summed E-state index contributed by atoms with van der Waals surface area (Å²) in [7, 11) is 1.90.